The number of alkyl halides is 3. The Hall–Kier alpha value is -2.36. The van der Waals surface area contributed by atoms with Crippen molar-refractivity contribution in [2.24, 2.45) is 45.3 Å². The van der Waals surface area contributed by atoms with Gasteiger partial charge in [0.25, 0.3) is 0 Å². The van der Waals surface area contributed by atoms with Crippen LogP contribution in [0.25, 0.3) is 0 Å². The first-order valence-electron chi connectivity index (χ1n) is 15.5. The van der Waals surface area contributed by atoms with Crippen molar-refractivity contribution in [1.29, 1.82) is 0 Å². The number of rotatable bonds is 4. The highest BCUT2D eigenvalue weighted by atomic mass is 19.1. The average Bonchev–Trinajstić information content (AvgIpc) is 3.36. The monoisotopic (exact) mass is 608 g/mol. The molecule has 5 fully saturated rings. The van der Waals surface area contributed by atoms with Crippen molar-refractivity contribution >= 4 is 17.9 Å². The summed E-state index contributed by atoms with van der Waals surface area (Å²) in [6, 6.07) is 0. The van der Waals surface area contributed by atoms with Crippen molar-refractivity contribution in [1.82, 2.24) is 0 Å². The Bertz CT molecular complexity index is 1310. The summed E-state index contributed by atoms with van der Waals surface area (Å²) < 4.78 is 63.8. The molecule has 10 heteroatoms. The number of aliphatic hydroxyl groups excluding tert-OH is 1. The quantitative estimate of drug-likeness (QED) is 0.384. The number of aliphatic hydroxyl groups is 1. The first kappa shape index (κ1) is 30.7. The highest BCUT2D eigenvalue weighted by Crippen LogP contribution is 2.72. The lowest BCUT2D eigenvalue weighted by Gasteiger charge is -2.62. The molecule has 238 valence electrons. The lowest BCUT2D eigenvalue weighted by atomic mass is 9.44. The first-order chi connectivity index (χ1) is 19.9. The molecule has 2 bridgehead atoms. The highest BCUT2D eigenvalue weighted by Gasteiger charge is 2.79. The van der Waals surface area contributed by atoms with Crippen LogP contribution in [0, 0.1) is 45.3 Å². The molecule has 0 aliphatic heterocycles. The van der Waals surface area contributed by atoms with Crippen LogP contribution in [0.4, 0.5) is 18.0 Å². The van der Waals surface area contributed by atoms with Crippen LogP contribution in [0.2, 0.25) is 0 Å². The summed E-state index contributed by atoms with van der Waals surface area (Å²) in [5.74, 6) is -3.87. The second kappa shape index (κ2) is 9.33. The van der Waals surface area contributed by atoms with Gasteiger partial charge >= 0.3 is 12.1 Å². The number of hydrogen-bond donors (Lipinski definition) is 1. The van der Waals surface area contributed by atoms with E-state index in [9.17, 15) is 23.9 Å². The number of carbonyl (C=O) groups is 3. The van der Waals surface area contributed by atoms with Gasteiger partial charge in [-0.05, 0) is 80.4 Å². The van der Waals surface area contributed by atoms with Crippen LogP contribution in [0.3, 0.4) is 0 Å². The van der Waals surface area contributed by atoms with Crippen molar-refractivity contribution in [2.45, 2.75) is 110 Å². The fourth-order valence-electron chi connectivity index (χ4n) is 11.0. The fourth-order valence-corrected chi connectivity index (χ4v) is 11.0. The van der Waals surface area contributed by atoms with Gasteiger partial charge in [-0.1, -0.05) is 40.7 Å². The number of carbonyl (C=O) groups excluding carboxylic acids is 3. The third kappa shape index (κ3) is 3.56. The second-order valence-corrected chi connectivity index (χ2v) is 15.3. The van der Waals surface area contributed by atoms with Crippen LogP contribution in [0.1, 0.15) is 80.1 Å². The molecule has 43 heavy (non-hydrogen) atoms. The number of ether oxygens (including phenoxy) is 3. The topological polar surface area (TPSA) is 99.1 Å². The normalized spacial score (nSPS) is 50.8. The van der Waals surface area contributed by atoms with Crippen LogP contribution in [0.5, 0.6) is 0 Å². The van der Waals surface area contributed by atoms with E-state index >= 15 is 8.78 Å². The molecule has 0 amide bonds. The Labute approximate surface area is 250 Å². The largest absolute Gasteiger partial charge is 0.509 e. The van der Waals surface area contributed by atoms with E-state index in [0.717, 1.165) is 18.9 Å². The number of fused-ring (bicyclic) bond motifs is 7. The zero-order chi connectivity index (χ0) is 31.5. The maximum Gasteiger partial charge on any atom is 0.509 e. The standard InChI is InChI=1S/C33H43F3O7/c1-17-11-20-21-14-23(35)22-13-19(37)8-10-29(22,4)32(21,36)24(38)15-31(20,6)33(17,26(39)41-16-34)43-27(40)42-25-12-18-7-9-30(25,5)28(18,2)3/h8,10,13,17-18,20-21,23-25,38H,7,9,11-12,14-16H2,1-6H3/t17-,18+,20+,21+,23+,24+,25-,29+,30-,31+,32?,33-/m1/s1. The Morgan fingerprint density at radius 1 is 1.07 bits per heavy atom. The summed E-state index contributed by atoms with van der Waals surface area (Å²) in [6.45, 7) is 9.69. The van der Waals surface area contributed by atoms with Crippen molar-refractivity contribution in [3.05, 3.63) is 23.8 Å². The molecule has 5 saturated carbocycles. The van der Waals surface area contributed by atoms with E-state index in [4.69, 9.17) is 14.2 Å². The summed E-state index contributed by atoms with van der Waals surface area (Å²) in [4.78, 5) is 39.5. The molecular formula is C33H43F3O7. The minimum atomic E-state index is -2.38. The Morgan fingerprint density at radius 2 is 1.77 bits per heavy atom. The number of ketones is 1. The average molecular weight is 609 g/mol. The molecule has 1 N–H and O–H groups in total. The maximum absolute atomic E-state index is 17.6. The van der Waals surface area contributed by atoms with Crippen molar-refractivity contribution in [2.75, 3.05) is 6.86 Å². The van der Waals surface area contributed by atoms with Gasteiger partial charge in [-0.15, -0.1) is 0 Å². The molecule has 0 spiro atoms. The van der Waals surface area contributed by atoms with Crippen molar-refractivity contribution in [3.63, 3.8) is 0 Å². The minimum Gasteiger partial charge on any atom is -0.431 e. The van der Waals surface area contributed by atoms with E-state index in [1.807, 2.05) is 0 Å². The van der Waals surface area contributed by atoms with Gasteiger partial charge in [-0.2, -0.15) is 0 Å². The molecule has 6 aliphatic rings. The molecule has 12 atom stereocenters. The van der Waals surface area contributed by atoms with Gasteiger partial charge in [0.1, 0.15) is 12.3 Å². The molecular weight excluding hydrogens is 565 g/mol. The third-order valence-electron chi connectivity index (χ3n) is 13.9. The van der Waals surface area contributed by atoms with Gasteiger partial charge in [0, 0.05) is 28.1 Å². The molecule has 0 aromatic heterocycles. The molecule has 7 nitrogen and oxygen atoms in total. The van der Waals surface area contributed by atoms with Crippen LogP contribution in [0.15, 0.2) is 23.8 Å². The molecule has 0 heterocycles. The Morgan fingerprint density at radius 3 is 2.37 bits per heavy atom. The summed E-state index contributed by atoms with van der Waals surface area (Å²) >= 11 is 0. The van der Waals surface area contributed by atoms with Gasteiger partial charge in [-0.3, -0.25) is 4.79 Å². The fraction of sp³-hybridized carbons (Fsp3) is 0.788. The molecule has 1 unspecified atom stereocenters. The minimum absolute atomic E-state index is 0.0161. The van der Waals surface area contributed by atoms with Crippen LogP contribution >= 0.6 is 0 Å². The molecule has 0 radical (unpaired) electrons. The number of hydrogen-bond acceptors (Lipinski definition) is 7. The highest BCUT2D eigenvalue weighted by molar-refractivity contribution is 6.01. The zero-order valence-electron chi connectivity index (χ0n) is 25.8. The summed E-state index contributed by atoms with van der Waals surface area (Å²) in [5, 5.41) is 11.6. The van der Waals surface area contributed by atoms with Gasteiger partial charge in [0.05, 0.1) is 6.10 Å². The predicted octanol–water partition coefficient (Wildman–Crippen LogP) is 6.13. The summed E-state index contributed by atoms with van der Waals surface area (Å²) in [5.41, 5.74) is -7.92. The SMILES string of the molecule is C[C@@H]1C[C@H]2[C@@H]3C[C@H](F)C4=CC(=O)C=C[C@]4(C)C3(F)[C@@H](O)C[C@]2(C)[C@]1(OC(=O)O[C@@H]1C[C@@H]2CC[C@@]1(C)C2(C)C)C(=O)OCF. The molecule has 6 aliphatic carbocycles. The maximum atomic E-state index is 17.6. The Balaban J connectivity index is 1.37. The molecule has 6 rings (SSSR count). The summed E-state index contributed by atoms with van der Waals surface area (Å²) in [7, 11) is 0. The number of halogens is 3. The van der Waals surface area contributed by atoms with E-state index in [1.165, 1.54) is 19.1 Å². The van der Waals surface area contributed by atoms with Gasteiger partial charge in [0.15, 0.2) is 11.5 Å². The first-order valence-corrected chi connectivity index (χ1v) is 15.5. The summed E-state index contributed by atoms with van der Waals surface area (Å²) in [6.07, 6.45) is 0.710. The molecule has 0 saturated heterocycles. The smallest absolute Gasteiger partial charge is 0.431 e. The van der Waals surface area contributed by atoms with Crippen molar-refractivity contribution in [3.8, 4) is 0 Å². The second-order valence-electron chi connectivity index (χ2n) is 15.3. The van der Waals surface area contributed by atoms with Crippen LogP contribution in [-0.4, -0.2) is 59.5 Å². The predicted molar refractivity (Wildman–Crippen MR) is 149 cm³/mol. The van der Waals surface area contributed by atoms with Crippen LogP contribution in [-0.2, 0) is 23.8 Å². The zero-order valence-corrected chi connectivity index (χ0v) is 25.8. The molecule has 0 aromatic rings. The third-order valence-corrected chi connectivity index (χ3v) is 13.9. The number of allylic oxidation sites excluding steroid dienone is 4. The van der Waals surface area contributed by atoms with E-state index in [2.05, 4.69) is 20.8 Å². The van der Waals surface area contributed by atoms with Crippen molar-refractivity contribution < 1.29 is 46.9 Å². The number of esters is 1. The Kier molecular flexibility index (Phi) is 6.65. The lowest BCUT2D eigenvalue weighted by Crippen LogP contribution is -2.71. The van der Waals surface area contributed by atoms with Crippen LogP contribution < -0.4 is 0 Å². The van der Waals surface area contributed by atoms with Gasteiger partial charge in [-0.25, -0.2) is 22.8 Å². The lowest BCUT2D eigenvalue weighted by molar-refractivity contribution is -0.236. The molecule has 0 aromatic carbocycles. The van der Waals surface area contributed by atoms with Gasteiger partial charge < -0.3 is 19.3 Å². The van der Waals surface area contributed by atoms with E-state index < -0.39 is 83.0 Å². The van der Waals surface area contributed by atoms with Gasteiger partial charge in [0.2, 0.25) is 12.5 Å². The van der Waals surface area contributed by atoms with E-state index in [-0.39, 0.29) is 35.7 Å². The van der Waals surface area contributed by atoms with E-state index in [0.29, 0.717) is 12.3 Å². The van der Waals surface area contributed by atoms with E-state index in [1.54, 1.807) is 13.8 Å².